The van der Waals surface area contributed by atoms with Crippen LogP contribution in [0.2, 0.25) is 0 Å². The summed E-state index contributed by atoms with van der Waals surface area (Å²) < 4.78 is 5.43. The Balaban J connectivity index is 1.56. The largest absolute Gasteiger partial charge is 0.378 e. The van der Waals surface area contributed by atoms with Crippen molar-refractivity contribution in [3.8, 4) is 23.5 Å². The third-order valence-corrected chi connectivity index (χ3v) is 6.24. The first-order chi connectivity index (χ1) is 17.2. The van der Waals surface area contributed by atoms with Crippen LogP contribution in [0.15, 0.2) is 59.4 Å². The van der Waals surface area contributed by atoms with Gasteiger partial charge in [0.1, 0.15) is 11.5 Å². The third kappa shape index (κ3) is 4.61. The fraction of sp³-hybridized carbons (Fsp3) is 0.250. The molecule has 0 amide bonds. The fourth-order valence-corrected chi connectivity index (χ4v) is 4.48. The standard InChI is InChI=1S/C28H26N4O3/c1-2-3-5-10-22-29-27-24(28(34)30-22)23(19-8-6-4-7-9-19)25(31-27)26(33)20-11-13-21(14-12-20)32-15-17-35-18-16-32/h1,4,6-9,11-14H,3,5,10,15-18H2,(H2,29,30,31,34). The Hall–Kier alpha value is -4.15. The zero-order chi connectivity index (χ0) is 24.2. The average Bonchev–Trinajstić information content (AvgIpc) is 3.30. The molecule has 4 aromatic rings. The van der Waals surface area contributed by atoms with Crippen molar-refractivity contribution < 1.29 is 9.53 Å². The Morgan fingerprint density at radius 3 is 2.51 bits per heavy atom. The Morgan fingerprint density at radius 1 is 1.06 bits per heavy atom. The van der Waals surface area contributed by atoms with Gasteiger partial charge in [-0.15, -0.1) is 12.3 Å². The number of hydrogen-bond donors (Lipinski definition) is 2. The number of terminal acetylenes is 1. The van der Waals surface area contributed by atoms with Gasteiger partial charge in [0.15, 0.2) is 0 Å². The molecule has 0 radical (unpaired) electrons. The zero-order valence-corrected chi connectivity index (χ0v) is 19.3. The van der Waals surface area contributed by atoms with Gasteiger partial charge in [0.25, 0.3) is 5.56 Å². The Bertz CT molecular complexity index is 1440. The van der Waals surface area contributed by atoms with E-state index in [2.05, 4.69) is 25.8 Å². The van der Waals surface area contributed by atoms with Crippen molar-refractivity contribution in [2.24, 2.45) is 0 Å². The minimum Gasteiger partial charge on any atom is -0.378 e. The number of nitrogens with zero attached hydrogens (tertiary/aromatic N) is 2. The highest BCUT2D eigenvalue weighted by atomic mass is 16.5. The maximum atomic E-state index is 13.7. The summed E-state index contributed by atoms with van der Waals surface area (Å²) in [5.41, 5.74) is 3.41. The molecule has 7 nitrogen and oxygen atoms in total. The molecular formula is C28H26N4O3. The molecule has 1 aliphatic heterocycles. The summed E-state index contributed by atoms with van der Waals surface area (Å²) >= 11 is 0. The highest BCUT2D eigenvalue weighted by molar-refractivity contribution is 6.16. The molecule has 7 heteroatoms. The van der Waals surface area contributed by atoms with Crippen LogP contribution < -0.4 is 10.5 Å². The topological polar surface area (TPSA) is 91.1 Å². The Labute approximate surface area is 203 Å². The van der Waals surface area contributed by atoms with Gasteiger partial charge in [0.2, 0.25) is 5.78 Å². The first-order valence-electron chi connectivity index (χ1n) is 11.8. The van der Waals surface area contributed by atoms with Crippen LogP contribution >= 0.6 is 0 Å². The van der Waals surface area contributed by atoms with Gasteiger partial charge in [0.05, 0.1) is 24.3 Å². The van der Waals surface area contributed by atoms with E-state index in [1.54, 1.807) is 0 Å². The van der Waals surface area contributed by atoms with E-state index < -0.39 is 0 Å². The van der Waals surface area contributed by atoms with E-state index in [-0.39, 0.29) is 11.3 Å². The quantitative estimate of drug-likeness (QED) is 0.245. The molecule has 176 valence electrons. The summed E-state index contributed by atoms with van der Waals surface area (Å²) in [5, 5.41) is 0.380. The molecule has 0 spiro atoms. The van der Waals surface area contributed by atoms with Crippen molar-refractivity contribution >= 4 is 22.5 Å². The smallest absolute Gasteiger partial charge is 0.261 e. The first-order valence-corrected chi connectivity index (χ1v) is 11.8. The predicted molar refractivity (Wildman–Crippen MR) is 137 cm³/mol. The second kappa shape index (κ2) is 10.00. The average molecular weight is 467 g/mol. The number of morpholine rings is 1. The van der Waals surface area contributed by atoms with Gasteiger partial charge in [0, 0.05) is 42.7 Å². The van der Waals surface area contributed by atoms with Gasteiger partial charge in [-0.05, 0) is 36.2 Å². The summed E-state index contributed by atoms with van der Waals surface area (Å²) in [6, 6.07) is 17.0. The van der Waals surface area contributed by atoms with Crippen molar-refractivity contribution in [1.29, 1.82) is 0 Å². The van der Waals surface area contributed by atoms with Crippen LogP contribution in [0.5, 0.6) is 0 Å². The Kier molecular flexibility index (Phi) is 6.47. The van der Waals surface area contributed by atoms with Gasteiger partial charge < -0.3 is 19.6 Å². The molecule has 5 rings (SSSR count). The first kappa shape index (κ1) is 22.6. The number of nitrogens with one attached hydrogen (secondary N) is 2. The number of aryl methyl sites for hydroxylation is 1. The number of hydrogen-bond acceptors (Lipinski definition) is 5. The number of carbonyl (C=O) groups is 1. The van der Waals surface area contributed by atoms with Crippen molar-refractivity contribution in [1.82, 2.24) is 15.0 Å². The minimum atomic E-state index is -0.275. The van der Waals surface area contributed by atoms with Crippen LogP contribution in [0.4, 0.5) is 5.69 Å². The summed E-state index contributed by atoms with van der Waals surface area (Å²) in [4.78, 5) is 39.7. The van der Waals surface area contributed by atoms with Crippen molar-refractivity contribution in [3.05, 3.63) is 82.0 Å². The molecule has 1 aliphatic rings. The van der Waals surface area contributed by atoms with Crippen LogP contribution in [0.25, 0.3) is 22.2 Å². The number of aromatic amines is 2. The van der Waals surface area contributed by atoms with Gasteiger partial charge in [-0.1, -0.05) is 30.3 Å². The van der Waals surface area contributed by atoms with Crippen molar-refractivity contribution in [2.45, 2.75) is 19.3 Å². The van der Waals surface area contributed by atoms with E-state index in [4.69, 9.17) is 11.2 Å². The van der Waals surface area contributed by atoms with Crippen LogP contribution in [0.1, 0.15) is 34.7 Å². The molecule has 0 saturated carbocycles. The second-order valence-corrected chi connectivity index (χ2v) is 8.51. The van der Waals surface area contributed by atoms with E-state index in [0.29, 0.717) is 59.7 Å². The number of rotatable bonds is 7. The molecule has 1 saturated heterocycles. The summed E-state index contributed by atoms with van der Waals surface area (Å²) in [7, 11) is 0. The summed E-state index contributed by atoms with van der Waals surface area (Å²) in [6.45, 7) is 3.04. The molecule has 0 unspecified atom stereocenters. The molecule has 2 N–H and O–H groups in total. The van der Waals surface area contributed by atoms with E-state index in [1.165, 1.54) is 0 Å². The molecule has 0 atom stereocenters. The number of ether oxygens (including phenoxy) is 1. The van der Waals surface area contributed by atoms with Gasteiger partial charge in [-0.25, -0.2) is 4.98 Å². The van der Waals surface area contributed by atoms with Crippen molar-refractivity contribution in [3.63, 3.8) is 0 Å². The molecular weight excluding hydrogens is 440 g/mol. The lowest BCUT2D eigenvalue weighted by Gasteiger charge is -2.28. The van der Waals surface area contributed by atoms with Crippen LogP contribution in [-0.4, -0.2) is 47.0 Å². The molecule has 35 heavy (non-hydrogen) atoms. The molecule has 1 fully saturated rings. The number of unbranched alkanes of at least 4 members (excludes halogenated alkanes) is 1. The van der Waals surface area contributed by atoms with Crippen LogP contribution in [-0.2, 0) is 11.2 Å². The second-order valence-electron chi connectivity index (χ2n) is 8.51. The number of benzene rings is 2. The summed E-state index contributed by atoms with van der Waals surface area (Å²) in [6.07, 6.45) is 7.23. The lowest BCUT2D eigenvalue weighted by atomic mass is 9.98. The number of anilines is 1. The van der Waals surface area contributed by atoms with E-state index in [9.17, 15) is 9.59 Å². The van der Waals surface area contributed by atoms with E-state index in [1.807, 2.05) is 54.6 Å². The number of fused-ring (bicyclic) bond motifs is 1. The minimum absolute atomic E-state index is 0.191. The fourth-order valence-electron chi connectivity index (χ4n) is 4.48. The van der Waals surface area contributed by atoms with Crippen LogP contribution in [0, 0.1) is 12.3 Å². The van der Waals surface area contributed by atoms with Gasteiger partial charge >= 0.3 is 0 Å². The van der Waals surface area contributed by atoms with E-state index in [0.717, 1.165) is 30.8 Å². The van der Waals surface area contributed by atoms with Crippen LogP contribution in [0.3, 0.4) is 0 Å². The molecule has 3 heterocycles. The lowest BCUT2D eigenvalue weighted by molar-refractivity contribution is 0.103. The monoisotopic (exact) mass is 466 g/mol. The van der Waals surface area contributed by atoms with Crippen molar-refractivity contribution in [2.75, 3.05) is 31.2 Å². The zero-order valence-electron chi connectivity index (χ0n) is 19.3. The maximum Gasteiger partial charge on any atom is 0.261 e. The molecule has 0 bridgehead atoms. The SMILES string of the molecule is C#CCCCc1nc2[nH]c(C(=O)c3ccc(N4CCOCC4)cc3)c(-c3ccccc3)c2c(=O)[nH]1. The summed E-state index contributed by atoms with van der Waals surface area (Å²) in [5.74, 6) is 2.96. The lowest BCUT2D eigenvalue weighted by Crippen LogP contribution is -2.36. The molecule has 2 aromatic heterocycles. The maximum absolute atomic E-state index is 13.7. The highest BCUT2D eigenvalue weighted by Crippen LogP contribution is 2.31. The third-order valence-electron chi connectivity index (χ3n) is 6.24. The van der Waals surface area contributed by atoms with E-state index >= 15 is 0 Å². The number of aromatic nitrogens is 3. The number of carbonyl (C=O) groups excluding carboxylic acids is 1. The van der Waals surface area contributed by atoms with Gasteiger partial charge in [-0.2, -0.15) is 0 Å². The normalized spacial score (nSPS) is 13.6. The Morgan fingerprint density at radius 2 is 1.80 bits per heavy atom. The number of H-pyrrole nitrogens is 2. The molecule has 0 aliphatic carbocycles. The predicted octanol–water partition coefficient (Wildman–Crippen LogP) is 3.94. The van der Waals surface area contributed by atoms with Gasteiger partial charge in [-0.3, -0.25) is 9.59 Å². The number of ketones is 1. The molecule has 2 aromatic carbocycles. The highest BCUT2D eigenvalue weighted by Gasteiger charge is 2.24.